The minimum absolute atomic E-state index is 0.140. The second kappa shape index (κ2) is 7.07. The van der Waals surface area contributed by atoms with E-state index in [1.54, 1.807) is 0 Å². The first-order chi connectivity index (χ1) is 10.4. The molecule has 0 saturated heterocycles. The van der Waals surface area contributed by atoms with Crippen LogP contribution >= 0.6 is 0 Å². The molecule has 0 fully saturated rings. The van der Waals surface area contributed by atoms with Crippen molar-refractivity contribution in [2.24, 2.45) is 0 Å². The Bertz CT molecular complexity index is 581. The Morgan fingerprint density at radius 2 is 1.91 bits per heavy atom. The van der Waals surface area contributed by atoms with Crippen molar-refractivity contribution in [1.29, 1.82) is 0 Å². The highest BCUT2D eigenvalue weighted by Gasteiger charge is 2.14. The third kappa shape index (κ3) is 4.42. The topological polar surface area (TPSA) is 50.1 Å². The molecule has 120 valence electrons. The number of hydrogen-bond donors (Lipinski definition) is 2. The van der Waals surface area contributed by atoms with Gasteiger partial charge in [-0.1, -0.05) is 45.0 Å². The van der Waals surface area contributed by atoms with Crippen LogP contribution in [0.2, 0.25) is 0 Å². The van der Waals surface area contributed by atoms with Crippen molar-refractivity contribution >= 4 is 0 Å². The molecule has 0 aliphatic heterocycles. The fourth-order valence-corrected chi connectivity index (χ4v) is 2.35. The minimum atomic E-state index is -0.491. The molecule has 0 saturated carbocycles. The Morgan fingerprint density at radius 1 is 1.23 bits per heavy atom. The van der Waals surface area contributed by atoms with Gasteiger partial charge in [0.15, 0.2) is 0 Å². The Kier molecular flexibility index (Phi) is 5.37. The molecule has 0 aliphatic carbocycles. The van der Waals surface area contributed by atoms with E-state index in [0.717, 1.165) is 24.2 Å². The summed E-state index contributed by atoms with van der Waals surface area (Å²) in [6.07, 6.45) is 3.40. The van der Waals surface area contributed by atoms with Crippen LogP contribution in [0.15, 0.2) is 36.7 Å². The van der Waals surface area contributed by atoms with Crippen molar-refractivity contribution in [3.8, 4) is 0 Å². The molecule has 2 N–H and O–H groups in total. The quantitative estimate of drug-likeness (QED) is 0.862. The largest absolute Gasteiger partial charge is 0.387 e. The summed E-state index contributed by atoms with van der Waals surface area (Å²) in [5, 5.41) is 17.8. The average Bonchev–Trinajstić information content (AvgIpc) is 2.94. The molecule has 2 aromatic rings. The molecular formula is C18H27N3O. The average molecular weight is 301 g/mol. The fraction of sp³-hybridized carbons (Fsp3) is 0.500. The molecule has 1 atom stereocenters. The van der Waals surface area contributed by atoms with Gasteiger partial charge in [0.25, 0.3) is 0 Å². The maximum Gasteiger partial charge on any atom is 0.0914 e. The smallest absolute Gasteiger partial charge is 0.0914 e. The molecule has 1 unspecified atom stereocenters. The van der Waals surface area contributed by atoms with Gasteiger partial charge in [0.2, 0.25) is 0 Å². The summed E-state index contributed by atoms with van der Waals surface area (Å²) in [7, 11) is 0. The maximum absolute atomic E-state index is 10.3. The lowest BCUT2D eigenvalue weighted by molar-refractivity contribution is 0.174. The van der Waals surface area contributed by atoms with Gasteiger partial charge >= 0.3 is 0 Å². The Balaban J connectivity index is 1.85. The van der Waals surface area contributed by atoms with E-state index in [9.17, 15) is 5.11 Å². The lowest BCUT2D eigenvalue weighted by atomic mass is 9.86. The number of nitrogens with zero attached hydrogens (tertiary/aromatic N) is 2. The molecule has 1 aromatic heterocycles. The molecule has 0 amide bonds. The monoisotopic (exact) mass is 301 g/mol. The van der Waals surface area contributed by atoms with Crippen LogP contribution in [-0.4, -0.2) is 21.4 Å². The van der Waals surface area contributed by atoms with Gasteiger partial charge in [-0.2, -0.15) is 5.10 Å². The van der Waals surface area contributed by atoms with Gasteiger partial charge in [0.05, 0.1) is 12.3 Å². The molecule has 0 aliphatic rings. The summed E-state index contributed by atoms with van der Waals surface area (Å²) >= 11 is 0. The zero-order valence-electron chi connectivity index (χ0n) is 14.0. The first-order valence-corrected chi connectivity index (χ1v) is 7.90. The van der Waals surface area contributed by atoms with Crippen LogP contribution in [0, 0.1) is 0 Å². The zero-order valence-corrected chi connectivity index (χ0v) is 14.0. The Hall–Kier alpha value is -1.65. The van der Waals surface area contributed by atoms with Crippen LogP contribution in [0.25, 0.3) is 0 Å². The number of hydrogen-bond acceptors (Lipinski definition) is 3. The third-order valence-corrected chi connectivity index (χ3v) is 3.84. The summed E-state index contributed by atoms with van der Waals surface area (Å²) in [4.78, 5) is 0. The van der Waals surface area contributed by atoms with Gasteiger partial charge in [-0.05, 0) is 23.5 Å². The molecule has 4 nitrogen and oxygen atoms in total. The van der Waals surface area contributed by atoms with Crippen LogP contribution in [0.4, 0.5) is 0 Å². The van der Waals surface area contributed by atoms with Crippen molar-refractivity contribution in [3.63, 3.8) is 0 Å². The fourth-order valence-electron chi connectivity index (χ4n) is 2.35. The maximum atomic E-state index is 10.3. The molecule has 0 bridgehead atoms. The molecular weight excluding hydrogens is 274 g/mol. The van der Waals surface area contributed by atoms with E-state index in [2.05, 4.69) is 50.2 Å². The van der Waals surface area contributed by atoms with Gasteiger partial charge in [-0.3, -0.25) is 4.68 Å². The Labute approximate surface area is 133 Å². The number of nitrogens with one attached hydrogen (secondary N) is 1. The molecule has 0 radical (unpaired) electrons. The highest BCUT2D eigenvalue weighted by molar-refractivity contribution is 5.28. The van der Waals surface area contributed by atoms with E-state index in [1.807, 2.05) is 29.2 Å². The molecule has 1 heterocycles. The van der Waals surface area contributed by atoms with Crippen molar-refractivity contribution in [3.05, 3.63) is 53.3 Å². The van der Waals surface area contributed by atoms with E-state index < -0.39 is 6.10 Å². The number of rotatable bonds is 6. The van der Waals surface area contributed by atoms with Crippen LogP contribution in [0.5, 0.6) is 0 Å². The van der Waals surface area contributed by atoms with Crippen molar-refractivity contribution in [1.82, 2.24) is 15.1 Å². The number of aryl methyl sites for hydroxylation is 1. The third-order valence-electron chi connectivity index (χ3n) is 3.84. The number of aliphatic hydroxyl groups excluding tert-OH is 1. The van der Waals surface area contributed by atoms with E-state index in [0.29, 0.717) is 6.54 Å². The van der Waals surface area contributed by atoms with Crippen molar-refractivity contribution in [2.45, 2.75) is 52.3 Å². The first-order valence-electron chi connectivity index (χ1n) is 7.90. The highest BCUT2D eigenvalue weighted by Crippen LogP contribution is 2.23. The van der Waals surface area contributed by atoms with Crippen molar-refractivity contribution < 1.29 is 5.11 Å². The second-order valence-corrected chi connectivity index (χ2v) is 6.72. The first kappa shape index (κ1) is 16.7. The predicted octanol–water partition coefficient (Wildman–Crippen LogP) is 3.02. The summed E-state index contributed by atoms with van der Waals surface area (Å²) < 4.78 is 1.90. The number of benzene rings is 1. The number of aromatic nitrogens is 2. The molecule has 4 heteroatoms. The number of aliphatic hydroxyl groups is 1. The van der Waals surface area contributed by atoms with Gasteiger partial charge in [0.1, 0.15) is 0 Å². The summed E-state index contributed by atoms with van der Waals surface area (Å²) in [6.45, 7) is 10.8. The van der Waals surface area contributed by atoms with Gasteiger partial charge < -0.3 is 10.4 Å². The van der Waals surface area contributed by atoms with Crippen LogP contribution in [-0.2, 0) is 18.5 Å². The summed E-state index contributed by atoms with van der Waals surface area (Å²) in [5.41, 5.74) is 3.51. The molecule has 1 aromatic carbocycles. The highest BCUT2D eigenvalue weighted by atomic mass is 16.3. The summed E-state index contributed by atoms with van der Waals surface area (Å²) in [5.74, 6) is 0. The van der Waals surface area contributed by atoms with Gasteiger partial charge in [0, 0.05) is 31.4 Å². The lowest BCUT2D eigenvalue weighted by Crippen LogP contribution is -2.21. The van der Waals surface area contributed by atoms with E-state index in [1.165, 1.54) is 5.56 Å². The van der Waals surface area contributed by atoms with Crippen LogP contribution in [0.3, 0.4) is 0 Å². The predicted molar refractivity (Wildman–Crippen MR) is 89.7 cm³/mol. The second-order valence-electron chi connectivity index (χ2n) is 6.72. The Morgan fingerprint density at radius 3 is 2.45 bits per heavy atom. The minimum Gasteiger partial charge on any atom is -0.387 e. The molecule has 0 spiro atoms. The van der Waals surface area contributed by atoms with Crippen LogP contribution < -0.4 is 5.32 Å². The summed E-state index contributed by atoms with van der Waals surface area (Å²) in [6, 6.07) is 8.23. The van der Waals surface area contributed by atoms with Gasteiger partial charge in [-0.15, -0.1) is 0 Å². The van der Waals surface area contributed by atoms with E-state index in [4.69, 9.17) is 0 Å². The zero-order chi connectivity index (χ0) is 16.2. The molecule has 22 heavy (non-hydrogen) atoms. The van der Waals surface area contributed by atoms with Gasteiger partial charge in [-0.25, -0.2) is 0 Å². The molecule has 2 rings (SSSR count). The van der Waals surface area contributed by atoms with E-state index >= 15 is 0 Å². The standard InChI is InChI=1S/C18H27N3O/c1-5-21-13-14(11-20-21)10-19-12-17(22)15-6-8-16(9-7-15)18(2,3)4/h6-9,11,13,17,19,22H,5,10,12H2,1-4H3. The van der Waals surface area contributed by atoms with E-state index in [-0.39, 0.29) is 5.41 Å². The van der Waals surface area contributed by atoms with Crippen molar-refractivity contribution in [2.75, 3.05) is 6.54 Å². The SMILES string of the molecule is CCn1cc(CNCC(O)c2ccc(C(C)(C)C)cc2)cn1. The normalized spacial score (nSPS) is 13.3. The van der Waals surface area contributed by atoms with Crippen LogP contribution in [0.1, 0.15) is 50.5 Å². The lowest BCUT2D eigenvalue weighted by Gasteiger charge is -2.20.